The highest BCUT2D eigenvalue weighted by Crippen LogP contribution is 2.41. The van der Waals surface area contributed by atoms with E-state index in [1.807, 2.05) is 13.8 Å². The highest BCUT2D eigenvalue weighted by Gasteiger charge is 2.40. The molecule has 2 aromatic carbocycles. The fraction of sp³-hybridized carbons (Fsp3) is 0.360. The Hall–Kier alpha value is -3.36. The van der Waals surface area contributed by atoms with Crippen LogP contribution in [0.2, 0.25) is 0 Å². The van der Waals surface area contributed by atoms with Gasteiger partial charge in [-0.2, -0.15) is 5.10 Å². The van der Waals surface area contributed by atoms with Gasteiger partial charge in [-0.1, -0.05) is 13.8 Å². The fourth-order valence-electron chi connectivity index (χ4n) is 4.80. The summed E-state index contributed by atoms with van der Waals surface area (Å²) in [5.74, 6) is -4.94. The first-order valence-electron chi connectivity index (χ1n) is 11.1. The van der Waals surface area contributed by atoms with Crippen LogP contribution in [0.1, 0.15) is 54.3 Å². The van der Waals surface area contributed by atoms with Crippen molar-refractivity contribution >= 4 is 5.91 Å². The third kappa shape index (κ3) is 3.82. The van der Waals surface area contributed by atoms with Gasteiger partial charge in [0.25, 0.3) is 5.91 Å². The van der Waals surface area contributed by atoms with Crippen LogP contribution in [0.5, 0.6) is 5.75 Å². The number of ether oxygens (including phenoxy) is 1. The highest BCUT2D eigenvalue weighted by atomic mass is 19.2. The van der Waals surface area contributed by atoms with E-state index in [-0.39, 0.29) is 17.2 Å². The van der Waals surface area contributed by atoms with Crippen molar-refractivity contribution in [2.45, 2.75) is 45.2 Å². The molecule has 3 aromatic rings. The van der Waals surface area contributed by atoms with Crippen molar-refractivity contribution in [3.63, 3.8) is 0 Å². The number of benzene rings is 2. The zero-order valence-electron chi connectivity index (χ0n) is 19.3. The summed E-state index contributed by atoms with van der Waals surface area (Å²) < 4.78 is 62.8. The van der Waals surface area contributed by atoms with Crippen LogP contribution in [0, 0.1) is 23.3 Å². The third-order valence-corrected chi connectivity index (χ3v) is 6.42. The van der Waals surface area contributed by atoms with Crippen LogP contribution in [0.3, 0.4) is 0 Å². The van der Waals surface area contributed by atoms with Gasteiger partial charge in [0.1, 0.15) is 11.6 Å². The predicted octanol–water partition coefficient (Wildman–Crippen LogP) is 5.58. The maximum Gasteiger partial charge on any atom is 0.257 e. The van der Waals surface area contributed by atoms with Crippen LogP contribution in [-0.2, 0) is 13.5 Å². The molecule has 0 N–H and O–H groups in total. The van der Waals surface area contributed by atoms with E-state index >= 15 is 0 Å². The third-order valence-electron chi connectivity index (χ3n) is 6.42. The Morgan fingerprint density at radius 2 is 1.74 bits per heavy atom. The SMILES string of the molecule is CC[C@H]1Cc2c(nn(C)c2-c2cc(F)c(F)c(F)c2)[C@@H](CC)N1C(=O)c1ccc(OC)cc1F. The van der Waals surface area contributed by atoms with Crippen molar-refractivity contribution < 1.29 is 27.1 Å². The van der Waals surface area contributed by atoms with Crippen LogP contribution >= 0.6 is 0 Å². The molecule has 0 aliphatic carbocycles. The van der Waals surface area contributed by atoms with Crippen LogP contribution in [0.15, 0.2) is 30.3 Å². The van der Waals surface area contributed by atoms with Crippen LogP contribution in [0.4, 0.5) is 17.6 Å². The van der Waals surface area contributed by atoms with Crippen LogP contribution in [0.25, 0.3) is 11.3 Å². The fourth-order valence-corrected chi connectivity index (χ4v) is 4.80. The molecule has 1 amide bonds. The molecule has 5 nitrogen and oxygen atoms in total. The molecular weight excluding hydrogens is 450 g/mol. The van der Waals surface area contributed by atoms with Crippen molar-refractivity contribution in [3.8, 4) is 17.0 Å². The number of methoxy groups -OCH3 is 1. The molecule has 4 rings (SSSR count). The van der Waals surface area contributed by atoms with Gasteiger partial charge in [0.2, 0.25) is 0 Å². The summed E-state index contributed by atoms with van der Waals surface area (Å²) in [5, 5.41) is 4.58. The van der Waals surface area contributed by atoms with E-state index in [9.17, 15) is 22.4 Å². The minimum atomic E-state index is -1.53. The molecule has 2 atom stereocenters. The molecule has 180 valence electrons. The molecule has 1 aliphatic rings. The van der Waals surface area contributed by atoms with Gasteiger partial charge in [-0.05, 0) is 43.5 Å². The number of aryl methyl sites for hydroxylation is 1. The Morgan fingerprint density at radius 1 is 1.06 bits per heavy atom. The van der Waals surface area contributed by atoms with E-state index in [4.69, 9.17) is 4.74 Å². The molecule has 0 saturated carbocycles. The number of fused-ring (bicyclic) bond motifs is 1. The van der Waals surface area contributed by atoms with Crippen molar-refractivity contribution in [2.75, 3.05) is 7.11 Å². The summed E-state index contributed by atoms with van der Waals surface area (Å²) >= 11 is 0. The average molecular weight is 475 g/mol. The summed E-state index contributed by atoms with van der Waals surface area (Å²) in [6, 6.07) is 5.22. The monoisotopic (exact) mass is 475 g/mol. The van der Waals surface area contributed by atoms with Gasteiger partial charge in [-0.15, -0.1) is 0 Å². The molecule has 0 fully saturated rings. The Kier molecular flexibility index (Phi) is 6.38. The number of hydrogen-bond acceptors (Lipinski definition) is 3. The largest absolute Gasteiger partial charge is 0.497 e. The number of rotatable bonds is 5. The topological polar surface area (TPSA) is 47.4 Å². The molecule has 0 bridgehead atoms. The van der Waals surface area contributed by atoms with Gasteiger partial charge < -0.3 is 9.64 Å². The van der Waals surface area contributed by atoms with Gasteiger partial charge in [0.15, 0.2) is 17.5 Å². The lowest BCUT2D eigenvalue weighted by Gasteiger charge is -2.41. The quantitative estimate of drug-likeness (QED) is 0.358. The van der Waals surface area contributed by atoms with Gasteiger partial charge in [0.05, 0.1) is 30.1 Å². The first-order chi connectivity index (χ1) is 16.2. The Morgan fingerprint density at radius 3 is 2.29 bits per heavy atom. The maximum atomic E-state index is 14.7. The number of halogens is 4. The number of carbonyl (C=O) groups excluding carboxylic acids is 1. The molecule has 34 heavy (non-hydrogen) atoms. The average Bonchev–Trinajstić information content (AvgIpc) is 3.15. The molecule has 0 spiro atoms. The molecule has 0 radical (unpaired) electrons. The molecular formula is C25H25F4N3O2. The standard InChI is InChI=1S/C25H25F4N3O2/c1-5-14-11-17-23(30-31(3)24(17)13-9-19(27)22(29)20(28)10-13)21(6-2)32(14)25(33)16-8-7-15(34-4)12-18(16)26/h7-10,12,14,21H,5-6,11H2,1-4H3/t14-,21+/m0/s1. The maximum absolute atomic E-state index is 14.7. The van der Waals surface area contributed by atoms with Gasteiger partial charge >= 0.3 is 0 Å². The second kappa shape index (κ2) is 9.12. The van der Waals surface area contributed by atoms with Crippen LogP contribution < -0.4 is 4.74 Å². The summed E-state index contributed by atoms with van der Waals surface area (Å²) in [5.41, 5.74) is 1.88. The minimum absolute atomic E-state index is 0.0695. The lowest BCUT2D eigenvalue weighted by molar-refractivity contribution is 0.0508. The summed E-state index contributed by atoms with van der Waals surface area (Å²) in [7, 11) is 3.05. The molecule has 0 saturated heterocycles. The van der Waals surface area contributed by atoms with E-state index in [2.05, 4.69) is 5.10 Å². The highest BCUT2D eigenvalue weighted by molar-refractivity contribution is 5.95. The van der Waals surface area contributed by atoms with E-state index in [1.165, 1.54) is 30.0 Å². The van der Waals surface area contributed by atoms with E-state index in [0.29, 0.717) is 36.4 Å². The first-order valence-corrected chi connectivity index (χ1v) is 11.1. The predicted molar refractivity (Wildman–Crippen MR) is 118 cm³/mol. The normalized spacial score (nSPS) is 17.6. The smallest absolute Gasteiger partial charge is 0.257 e. The van der Waals surface area contributed by atoms with Crippen molar-refractivity contribution in [1.82, 2.24) is 14.7 Å². The van der Waals surface area contributed by atoms with Gasteiger partial charge in [-0.3, -0.25) is 9.48 Å². The number of nitrogens with zero attached hydrogens (tertiary/aromatic N) is 3. The second-order valence-corrected chi connectivity index (χ2v) is 8.34. The number of hydrogen-bond donors (Lipinski definition) is 0. The molecule has 1 aromatic heterocycles. The van der Waals surface area contributed by atoms with Crippen molar-refractivity contribution in [2.24, 2.45) is 7.05 Å². The minimum Gasteiger partial charge on any atom is -0.497 e. The summed E-state index contributed by atoms with van der Waals surface area (Å²) in [6.45, 7) is 3.81. The second-order valence-electron chi connectivity index (χ2n) is 8.34. The van der Waals surface area contributed by atoms with Crippen LogP contribution in [-0.4, -0.2) is 33.7 Å². The Balaban J connectivity index is 1.82. The lowest BCUT2D eigenvalue weighted by atomic mass is 9.87. The zero-order chi connectivity index (χ0) is 24.7. The molecule has 1 aliphatic heterocycles. The number of aromatic nitrogens is 2. The number of carbonyl (C=O) groups is 1. The molecule has 0 unspecified atom stereocenters. The van der Waals surface area contributed by atoms with Crippen molar-refractivity contribution in [3.05, 3.63) is 70.4 Å². The van der Waals surface area contributed by atoms with E-state index < -0.39 is 35.2 Å². The summed E-state index contributed by atoms with van der Waals surface area (Å²) in [4.78, 5) is 15.2. The summed E-state index contributed by atoms with van der Waals surface area (Å²) in [6.07, 6.45) is 1.42. The van der Waals surface area contributed by atoms with Crippen molar-refractivity contribution in [1.29, 1.82) is 0 Å². The zero-order valence-corrected chi connectivity index (χ0v) is 19.3. The van der Waals surface area contributed by atoms with Gasteiger partial charge in [-0.25, -0.2) is 17.6 Å². The molecule has 9 heteroatoms. The molecule has 2 heterocycles. The van der Waals surface area contributed by atoms with E-state index in [0.717, 1.165) is 17.7 Å². The Labute approximate surface area is 194 Å². The van der Waals surface area contributed by atoms with Gasteiger partial charge in [0, 0.05) is 30.3 Å². The lowest BCUT2D eigenvalue weighted by Crippen LogP contribution is -2.47. The Bertz CT molecular complexity index is 1230. The van der Waals surface area contributed by atoms with E-state index in [1.54, 1.807) is 11.9 Å². The first kappa shape index (κ1) is 23.8. The number of amides is 1.